The molecule has 3 aromatic rings. The van der Waals surface area contributed by atoms with E-state index in [0.717, 1.165) is 17.5 Å². The number of rotatable bonds is 3. The molecule has 7 nitrogen and oxygen atoms in total. The van der Waals surface area contributed by atoms with Crippen LogP contribution in [-0.2, 0) is 0 Å². The summed E-state index contributed by atoms with van der Waals surface area (Å²) in [6.45, 7) is 3.34. The summed E-state index contributed by atoms with van der Waals surface area (Å²) in [6, 6.07) is 5.57. The smallest absolute Gasteiger partial charge is 0.276 e. The van der Waals surface area contributed by atoms with Crippen LogP contribution in [0, 0.1) is 6.92 Å². The highest BCUT2D eigenvalue weighted by molar-refractivity contribution is 5.93. The topological polar surface area (TPSA) is 77.0 Å². The molecule has 1 amide bonds. The molecule has 122 valence electrons. The Kier molecular flexibility index (Phi) is 3.60. The van der Waals surface area contributed by atoms with Crippen molar-refractivity contribution in [2.75, 3.05) is 13.1 Å². The maximum absolute atomic E-state index is 12.6. The lowest BCUT2D eigenvalue weighted by molar-refractivity contribution is 0.0777. The quantitative estimate of drug-likeness (QED) is 0.739. The summed E-state index contributed by atoms with van der Waals surface area (Å²) in [4.78, 5) is 18.5. The number of carbonyl (C=O) groups excluding carboxylic acids is 1. The molecule has 0 aliphatic carbocycles. The van der Waals surface area contributed by atoms with Gasteiger partial charge in [0.25, 0.3) is 5.91 Å². The first-order chi connectivity index (χ1) is 11.7. The molecule has 1 aliphatic heterocycles. The van der Waals surface area contributed by atoms with Crippen LogP contribution in [0.15, 0.2) is 47.5 Å². The molecule has 24 heavy (non-hydrogen) atoms. The van der Waals surface area contributed by atoms with Gasteiger partial charge in [-0.25, -0.2) is 0 Å². The number of aromatic nitrogens is 4. The number of nitrogens with zero attached hydrogens (tertiary/aromatic N) is 5. The van der Waals surface area contributed by atoms with Crippen molar-refractivity contribution in [3.8, 4) is 11.3 Å². The van der Waals surface area contributed by atoms with Crippen molar-refractivity contribution in [1.82, 2.24) is 24.8 Å². The van der Waals surface area contributed by atoms with E-state index in [1.807, 2.05) is 36.1 Å². The molecule has 1 unspecified atom stereocenters. The molecule has 0 bridgehead atoms. The molecule has 1 fully saturated rings. The average molecular weight is 323 g/mol. The van der Waals surface area contributed by atoms with E-state index in [1.165, 1.54) is 0 Å². The van der Waals surface area contributed by atoms with Crippen molar-refractivity contribution in [1.29, 1.82) is 0 Å². The van der Waals surface area contributed by atoms with Crippen LogP contribution < -0.4 is 0 Å². The van der Waals surface area contributed by atoms with E-state index in [9.17, 15) is 4.79 Å². The van der Waals surface area contributed by atoms with Gasteiger partial charge in [-0.15, -0.1) is 0 Å². The fourth-order valence-corrected chi connectivity index (χ4v) is 2.96. The number of amides is 1. The molecular formula is C17H17N5O2. The first kappa shape index (κ1) is 14.6. The molecule has 3 aromatic heterocycles. The van der Waals surface area contributed by atoms with Crippen LogP contribution >= 0.6 is 0 Å². The lowest BCUT2D eigenvalue weighted by Crippen LogP contribution is -2.29. The van der Waals surface area contributed by atoms with Gasteiger partial charge in [-0.1, -0.05) is 5.16 Å². The Morgan fingerprint density at radius 1 is 1.38 bits per heavy atom. The fourth-order valence-electron chi connectivity index (χ4n) is 2.96. The highest BCUT2D eigenvalue weighted by Crippen LogP contribution is 2.24. The molecule has 1 saturated heterocycles. The van der Waals surface area contributed by atoms with Crippen molar-refractivity contribution < 1.29 is 9.32 Å². The first-order valence-electron chi connectivity index (χ1n) is 7.88. The second-order valence-electron chi connectivity index (χ2n) is 6.01. The third kappa shape index (κ3) is 2.68. The van der Waals surface area contributed by atoms with Crippen LogP contribution in [0.5, 0.6) is 0 Å². The van der Waals surface area contributed by atoms with Gasteiger partial charge in [-0.3, -0.25) is 14.5 Å². The predicted octanol–water partition coefficient (Wildman–Crippen LogP) is 2.33. The third-order valence-corrected chi connectivity index (χ3v) is 4.23. The molecule has 0 spiro atoms. The summed E-state index contributed by atoms with van der Waals surface area (Å²) in [6.07, 6.45) is 8.10. The van der Waals surface area contributed by atoms with E-state index in [1.54, 1.807) is 23.4 Å². The summed E-state index contributed by atoms with van der Waals surface area (Å²) >= 11 is 0. The summed E-state index contributed by atoms with van der Waals surface area (Å²) in [5.41, 5.74) is 2.25. The normalized spacial score (nSPS) is 17.4. The Balaban J connectivity index is 1.48. The second-order valence-corrected chi connectivity index (χ2v) is 6.01. The van der Waals surface area contributed by atoms with Gasteiger partial charge in [0.15, 0.2) is 11.5 Å². The zero-order valence-corrected chi connectivity index (χ0v) is 13.3. The largest absolute Gasteiger partial charge is 0.355 e. The first-order valence-corrected chi connectivity index (χ1v) is 7.88. The van der Waals surface area contributed by atoms with Crippen LogP contribution in [0.4, 0.5) is 0 Å². The summed E-state index contributed by atoms with van der Waals surface area (Å²) in [5.74, 6) is 0.435. The molecule has 4 heterocycles. The number of carbonyl (C=O) groups is 1. The lowest BCUT2D eigenvalue weighted by atomic mass is 10.2. The van der Waals surface area contributed by atoms with Gasteiger partial charge in [-0.2, -0.15) is 5.10 Å². The number of likely N-dealkylation sites (tertiary alicyclic amines) is 1. The van der Waals surface area contributed by atoms with Crippen molar-refractivity contribution in [2.45, 2.75) is 19.4 Å². The van der Waals surface area contributed by atoms with Gasteiger partial charge in [0.2, 0.25) is 0 Å². The standard InChI is InChI=1S/C17H17N5O2/c1-12-8-19-22(10-12)14-4-6-21(11-14)17(23)15-7-16(24-20-15)13-3-2-5-18-9-13/h2-3,5,7-10,14H,4,6,11H2,1H3. The molecular weight excluding hydrogens is 306 g/mol. The Morgan fingerprint density at radius 3 is 3.04 bits per heavy atom. The fraction of sp³-hybridized carbons (Fsp3) is 0.294. The minimum Gasteiger partial charge on any atom is -0.355 e. The molecule has 0 saturated carbocycles. The lowest BCUT2D eigenvalue weighted by Gasteiger charge is -2.15. The van der Waals surface area contributed by atoms with Crippen molar-refractivity contribution in [3.63, 3.8) is 0 Å². The van der Waals surface area contributed by atoms with Crippen LogP contribution in [0.1, 0.15) is 28.5 Å². The van der Waals surface area contributed by atoms with Gasteiger partial charge >= 0.3 is 0 Å². The maximum atomic E-state index is 12.6. The minimum atomic E-state index is -0.111. The molecule has 0 aromatic carbocycles. The van der Waals surface area contributed by atoms with Crippen molar-refractivity contribution >= 4 is 5.91 Å². The minimum absolute atomic E-state index is 0.111. The Morgan fingerprint density at radius 2 is 2.29 bits per heavy atom. The Bertz CT molecular complexity index is 855. The molecule has 7 heteroatoms. The summed E-state index contributed by atoms with van der Waals surface area (Å²) in [7, 11) is 0. The van der Waals surface area contributed by atoms with E-state index < -0.39 is 0 Å². The molecule has 0 N–H and O–H groups in total. The summed E-state index contributed by atoms with van der Waals surface area (Å²) < 4.78 is 7.23. The number of hydrogen-bond acceptors (Lipinski definition) is 5. The maximum Gasteiger partial charge on any atom is 0.276 e. The zero-order valence-electron chi connectivity index (χ0n) is 13.3. The number of pyridine rings is 1. The monoisotopic (exact) mass is 323 g/mol. The van der Waals surface area contributed by atoms with E-state index in [2.05, 4.69) is 15.2 Å². The highest BCUT2D eigenvalue weighted by atomic mass is 16.5. The van der Waals surface area contributed by atoms with Gasteiger partial charge in [0.1, 0.15) is 0 Å². The van der Waals surface area contributed by atoms with Crippen LogP contribution in [0.25, 0.3) is 11.3 Å². The highest BCUT2D eigenvalue weighted by Gasteiger charge is 2.30. The number of aryl methyl sites for hydroxylation is 1. The van der Waals surface area contributed by atoms with Crippen molar-refractivity contribution in [3.05, 3.63) is 54.2 Å². The molecule has 1 aliphatic rings. The SMILES string of the molecule is Cc1cnn(C2CCN(C(=O)c3cc(-c4cccnc4)on3)C2)c1. The van der Waals surface area contributed by atoms with Gasteiger partial charge in [0.05, 0.1) is 12.2 Å². The van der Waals surface area contributed by atoms with Crippen LogP contribution in [-0.4, -0.2) is 43.8 Å². The summed E-state index contributed by atoms with van der Waals surface area (Å²) in [5, 5.41) is 8.27. The Labute approximate surface area is 138 Å². The van der Waals surface area contributed by atoms with E-state index in [0.29, 0.717) is 24.5 Å². The van der Waals surface area contributed by atoms with Crippen molar-refractivity contribution in [2.24, 2.45) is 0 Å². The molecule has 4 rings (SSSR count). The Hall–Kier alpha value is -2.96. The molecule has 0 radical (unpaired) electrons. The zero-order chi connectivity index (χ0) is 16.5. The predicted molar refractivity (Wildman–Crippen MR) is 86.3 cm³/mol. The van der Waals surface area contributed by atoms with Crippen LogP contribution in [0.2, 0.25) is 0 Å². The third-order valence-electron chi connectivity index (χ3n) is 4.23. The van der Waals surface area contributed by atoms with Crippen LogP contribution in [0.3, 0.4) is 0 Å². The second kappa shape index (κ2) is 5.92. The van der Waals surface area contributed by atoms with Gasteiger partial charge in [0, 0.05) is 43.3 Å². The van der Waals surface area contributed by atoms with Gasteiger partial charge < -0.3 is 9.42 Å². The van der Waals surface area contributed by atoms with Gasteiger partial charge in [-0.05, 0) is 31.0 Å². The van der Waals surface area contributed by atoms with E-state index in [-0.39, 0.29) is 11.9 Å². The van der Waals surface area contributed by atoms with E-state index >= 15 is 0 Å². The number of hydrogen-bond donors (Lipinski definition) is 0. The molecule has 1 atom stereocenters. The van der Waals surface area contributed by atoms with E-state index in [4.69, 9.17) is 4.52 Å². The average Bonchev–Trinajstić information content (AvgIpc) is 3.35.